The van der Waals surface area contributed by atoms with Gasteiger partial charge < -0.3 is 9.88 Å². The van der Waals surface area contributed by atoms with E-state index in [1.54, 1.807) is 6.33 Å². The molecule has 0 radical (unpaired) electrons. The summed E-state index contributed by atoms with van der Waals surface area (Å²) in [4.78, 5) is 22.9. The van der Waals surface area contributed by atoms with Gasteiger partial charge in [0.05, 0.1) is 24.3 Å². The maximum Gasteiger partial charge on any atom is 0.275 e. The maximum absolute atomic E-state index is 13.2. The number of aromatic nitrogens is 4. The summed E-state index contributed by atoms with van der Waals surface area (Å²) in [6, 6.07) is 10.5. The minimum atomic E-state index is 0.0411. The van der Waals surface area contributed by atoms with Crippen molar-refractivity contribution in [2.75, 3.05) is 6.54 Å². The van der Waals surface area contributed by atoms with Crippen LogP contribution in [0.3, 0.4) is 0 Å². The molecule has 2 aliphatic rings. The summed E-state index contributed by atoms with van der Waals surface area (Å²) in [5.41, 5.74) is 6.37. The standard InChI is InChI=1S/C21H23N5O/c27-21(20-16-7-4-8-17(16)24-25-20)26-11-15(19-18(12-26)22-13-23-19)10-9-14-5-2-1-3-6-14/h1-3,5-6,13,15H,4,7-12H2,(H,22,23)(H,24,25). The van der Waals surface area contributed by atoms with Crippen molar-refractivity contribution in [3.05, 3.63) is 70.6 Å². The minimum Gasteiger partial charge on any atom is -0.347 e. The number of aryl methyl sites for hydroxylation is 2. The van der Waals surface area contributed by atoms with Crippen LogP contribution in [0.2, 0.25) is 0 Å². The van der Waals surface area contributed by atoms with Crippen LogP contribution in [0.5, 0.6) is 0 Å². The Morgan fingerprint density at radius 1 is 1.19 bits per heavy atom. The zero-order chi connectivity index (χ0) is 18.2. The van der Waals surface area contributed by atoms with Gasteiger partial charge in [-0.05, 0) is 37.7 Å². The van der Waals surface area contributed by atoms with Crippen LogP contribution in [0.4, 0.5) is 0 Å². The SMILES string of the molecule is O=C(c1n[nH]c2c1CCC2)N1Cc2[nH]cnc2C(CCc2ccccc2)C1. The molecule has 6 heteroatoms. The van der Waals surface area contributed by atoms with E-state index in [4.69, 9.17) is 0 Å². The van der Waals surface area contributed by atoms with E-state index in [9.17, 15) is 4.79 Å². The minimum absolute atomic E-state index is 0.0411. The van der Waals surface area contributed by atoms with Crippen LogP contribution < -0.4 is 0 Å². The normalized spacial score (nSPS) is 18.4. The van der Waals surface area contributed by atoms with Crippen LogP contribution in [0, 0.1) is 0 Å². The predicted molar refractivity (Wildman–Crippen MR) is 101 cm³/mol. The Morgan fingerprint density at radius 2 is 2.07 bits per heavy atom. The van der Waals surface area contributed by atoms with Gasteiger partial charge in [0.15, 0.2) is 5.69 Å². The van der Waals surface area contributed by atoms with E-state index >= 15 is 0 Å². The molecule has 2 N–H and O–H groups in total. The lowest BCUT2D eigenvalue weighted by Gasteiger charge is -2.32. The summed E-state index contributed by atoms with van der Waals surface area (Å²) < 4.78 is 0. The van der Waals surface area contributed by atoms with Gasteiger partial charge in [0.1, 0.15) is 0 Å². The van der Waals surface area contributed by atoms with Crippen molar-refractivity contribution < 1.29 is 4.79 Å². The van der Waals surface area contributed by atoms with E-state index in [0.717, 1.165) is 54.7 Å². The van der Waals surface area contributed by atoms with Gasteiger partial charge in [-0.25, -0.2) is 4.98 Å². The van der Waals surface area contributed by atoms with E-state index in [2.05, 4.69) is 44.4 Å². The van der Waals surface area contributed by atoms with Crippen molar-refractivity contribution in [3.8, 4) is 0 Å². The van der Waals surface area contributed by atoms with E-state index in [0.29, 0.717) is 18.8 Å². The maximum atomic E-state index is 13.2. The summed E-state index contributed by atoms with van der Waals surface area (Å²) in [5, 5.41) is 7.39. The number of benzene rings is 1. The Labute approximate surface area is 158 Å². The van der Waals surface area contributed by atoms with Crippen LogP contribution >= 0.6 is 0 Å². The molecule has 2 aromatic heterocycles. The highest BCUT2D eigenvalue weighted by atomic mass is 16.2. The van der Waals surface area contributed by atoms with Gasteiger partial charge in [0.2, 0.25) is 0 Å². The molecule has 0 spiro atoms. The number of fused-ring (bicyclic) bond motifs is 2. The first kappa shape index (κ1) is 16.3. The molecule has 0 saturated heterocycles. The molecular formula is C21H23N5O. The molecule has 0 saturated carbocycles. The number of aromatic amines is 2. The number of rotatable bonds is 4. The highest BCUT2D eigenvalue weighted by Gasteiger charge is 2.33. The Balaban J connectivity index is 1.36. The first-order chi connectivity index (χ1) is 13.3. The van der Waals surface area contributed by atoms with Crippen LogP contribution in [0.1, 0.15) is 57.5 Å². The zero-order valence-electron chi connectivity index (χ0n) is 15.2. The lowest BCUT2D eigenvalue weighted by atomic mass is 9.91. The quantitative estimate of drug-likeness (QED) is 0.750. The van der Waals surface area contributed by atoms with Gasteiger partial charge >= 0.3 is 0 Å². The van der Waals surface area contributed by atoms with Crippen LogP contribution in [0.25, 0.3) is 0 Å². The molecule has 3 aromatic rings. The van der Waals surface area contributed by atoms with Crippen molar-refractivity contribution in [2.45, 2.75) is 44.6 Å². The van der Waals surface area contributed by atoms with Crippen LogP contribution in [-0.4, -0.2) is 37.5 Å². The molecule has 1 aromatic carbocycles. The van der Waals surface area contributed by atoms with Crippen LogP contribution in [0.15, 0.2) is 36.7 Å². The molecule has 5 rings (SSSR count). The van der Waals surface area contributed by atoms with Crippen molar-refractivity contribution in [2.24, 2.45) is 0 Å². The second-order valence-electron chi connectivity index (χ2n) is 7.56. The molecule has 6 nitrogen and oxygen atoms in total. The third kappa shape index (κ3) is 2.95. The fraction of sp³-hybridized carbons (Fsp3) is 0.381. The number of hydrogen-bond acceptors (Lipinski definition) is 3. The summed E-state index contributed by atoms with van der Waals surface area (Å²) in [7, 11) is 0. The molecule has 1 atom stereocenters. The molecule has 1 aliphatic carbocycles. The Hall–Kier alpha value is -2.89. The average molecular weight is 361 g/mol. The van der Waals surface area contributed by atoms with Gasteiger partial charge in [-0.15, -0.1) is 0 Å². The number of H-pyrrole nitrogens is 2. The molecule has 0 bridgehead atoms. The van der Waals surface area contributed by atoms with Crippen molar-refractivity contribution in [3.63, 3.8) is 0 Å². The highest BCUT2D eigenvalue weighted by Crippen LogP contribution is 2.31. The topological polar surface area (TPSA) is 77.7 Å². The zero-order valence-corrected chi connectivity index (χ0v) is 15.2. The largest absolute Gasteiger partial charge is 0.347 e. The molecule has 0 fully saturated rings. The molecule has 1 unspecified atom stereocenters. The summed E-state index contributed by atoms with van der Waals surface area (Å²) in [5.74, 6) is 0.288. The van der Waals surface area contributed by atoms with E-state index in [1.165, 1.54) is 5.56 Å². The van der Waals surface area contributed by atoms with Crippen molar-refractivity contribution in [1.29, 1.82) is 0 Å². The Morgan fingerprint density at radius 3 is 2.96 bits per heavy atom. The second kappa shape index (κ2) is 6.68. The fourth-order valence-corrected chi connectivity index (χ4v) is 4.43. The monoisotopic (exact) mass is 361 g/mol. The Bertz CT molecular complexity index is 958. The van der Waals surface area contributed by atoms with E-state index in [-0.39, 0.29) is 11.8 Å². The predicted octanol–water partition coefficient (Wildman–Crippen LogP) is 2.99. The third-order valence-corrected chi connectivity index (χ3v) is 5.85. The average Bonchev–Trinajstić information content (AvgIpc) is 3.42. The number of nitrogens with zero attached hydrogens (tertiary/aromatic N) is 3. The summed E-state index contributed by atoms with van der Waals surface area (Å²) in [6.07, 6.45) is 6.77. The summed E-state index contributed by atoms with van der Waals surface area (Å²) in [6.45, 7) is 1.28. The first-order valence-electron chi connectivity index (χ1n) is 9.71. The number of carbonyl (C=O) groups is 1. The van der Waals surface area contributed by atoms with Gasteiger partial charge in [0, 0.05) is 23.7 Å². The van der Waals surface area contributed by atoms with Crippen LogP contribution in [-0.2, 0) is 25.8 Å². The van der Waals surface area contributed by atoms with E-state index in [1.807, 2.05) is 11.0 Å². The smallest absolute Gasteiger partial charge is 0.275 e. The number of nitrogens with one attached hydrogen (secondary N) is 2. The van der Waals surface area contributed by atoms with Gasteiger partial charge in [0.25, 0.3) is 5.91 Å². The van der Waals surface area contributed by atoms with E-state index < -0.39 is 0 Å². The molecule has 3 heterocycles. The first-order valence-corrected chi connectivity index (χ1v) is 9.71. The fourth-order valence-electron chi connectivity index (χ4n) is 4.43. The Kier molecular flexibility index (Phi) is 4.03. The lowest BCUT2D eigenvalue weighted by Crippen LogP contribution is -2.39. The lowest BCUT2D eigenvalue weighted by molar-refractivity contribution is 0.0704. The number of amides is 1. The second-order valence-corrected chi connectivity index (χ2v) is 7.56. The molecular weight excluding hydrogens is 338 g/mol. The number of carbonyl (C=O) groups excluding carboxylic acids is 1. The van der Waals surface area contributed by atoms with Gasteiger partial charge in [-0.1, -0.05) is 30.3 Å². The van der Waals surface area contributed by atoms with Gasteiger partial charge in [-0.2, -0.15) is 5.10 Å². The number of imidazole rings is 1. The summed E-state index contributed by atoms with van der Waals surface area (Å²) >= 11 is 0. The highest BCUT2D eigenvalue weighted by molar-refractivity contribution is 5.94. The number of hydrogen-bond donors (Lipinski definition) is 2. The molecule has 1 aliphatic heterocycles. The third-order valence-electron chi connectivity index (χ3n) is 5.85. The molecule has 27 heavy (non-hydrogen) atoms. The molecule has 138 valence electrons. The van der Waals surface area contributed by atoms with Gasteiger partial charge in [-0.3, -0.25) is 9.89 Å². The van der Waals surface area contributed by atoms with Crippen molar-refractivity contribution in [1.82, 2.24) is 25.1 Å². The molecule has 1 amide bonds. The van der Waals surface area contributed by atoms with Crippen molar-refractivity contribution >= 4 is 5.91 Å².